The number of hydrogen-bond acceptors (Lipinski definition) is 7. The summed E-state index contributed by atoms with van der Waals surface area (Å²) in [5.41, 5.74) is 15.4. The van der Waals surface area contributed by atoms with Crippen molar-refractivity contribution < 1.29 is 4.79 Å². The predicted octanol–water partition coefficient (Wildman–Crippen LogP) is 0.774. The zero-order chi connectivity index (χ0) is 13.3. The predicted molar refractivity (Wildman–Crippen MR) is 67.9 cm³/mol. The molecule has 1 aromatic heterocycles. The van der Waals surface area contributed by atoms with E-state index in [1.54, 1.807) is 6.92 Å². The van der Waals surface area contributed by atoms with E-state index in [4.69, 9.17) is 17.2 Å². The highest BCUT2D eigenvalue weighted by atomic mass is 16.1. The number of rotatable bonds is 4. The number of unbranched alkanes of at least 4 members (excludes halogenated alkanes) is 2. The molecular formula is C10H20N6O. The van der Waals surface area contributed by atoms with Gasteiger partial charge in [-0.25, -0.2) is 0 Å². The Kier molecular flexibility index (Phi) is 7.32. The zero-order valence-electron chi connectivity index (χ0n) is 10.3. The van der Waals surface area contributed by atoms with Crippen LogP contribution in [-0.2, 0) is 4.79 Å². The van der Waals surface area contributed by atoms with Gasteiger partial charge in [0.25, 0.3) is 0 Å². The number of ketones is 1. The van der Waals surface area contributed by atoms with Gasteiger partial charge in [0.1, 0.15) is 5.78 Å². The second-order valence-corrected chi connectivity index (χ2v) is 3.57. The maximum Gasteiger partial charge on any atom is 0.226 e. The monoisotopic (exact) mass is 240 g/mol. The summed E-state index contributed by atoms with van der Waals surface area (Å²) in [6.07, 6.45) is 4.24. The van der Waals surface area contributed by atoms with Crippen molar-refractivity contribution in [1.82, 2.24) is 15.0 Å². The highest BCUT2D eigenvalue weighted by molar-refractivity contribution is 5.75. The average molecular weight is 240 g/mol. The zero-order valence-corrected chi connectivity index (χ0v) is 10.3. The number of Topliss-reactive ketones (excluding diaryl/α,β-unsaturated/α-hetero) is 1. The molecule has 0 aliphatic heterocycles. The van der Waals surface area contributed by atoms with E-state index in [0.29, 0.717) is 5.78 Å². The Bertz CT molecular complexity index is 304. The molecule has 0 atom stereocenters. The van der Waals surface area contributed by atoms with Gasteiger partial charge in [-0.15, -0.1) is 0 Å². The average Bonchev–Trinajstić information content (AvgIpc) is 2.16. The lowest BCUT2D eigenvalue weighted by atomic mass is 10.2. The number of carbonyl (C=O) groups excluding carboxylic acids is 1. The number of nitrogen functional groups attached to an aromatic ring is 3. The van der Waals surface area contributed by atoms with Crippen LogP contribution in [0, 0.1) is 0 Å². The molecule has 0 unspecified atom stereocenters. The van der Waals surface area contributed by atoms with Gasteiger partial charge in [-0.2, -0.15) is 15.0 Å². The molecule has 0 spiro atoms. The molecule has 0 amide bonds. The van der Waals surface area contributed by atoms with Gasteiger partial charge in [-0.05, 0) is 13.3 Å². The number of anilines is 3. The number of hydrogen-bond donors (Lipinski definition) is 3. The lowest BCUT2D eigenvalue weighted by molar-refractivity contribution is -0.117. The summed E-state index contributed by atoms with van der Waals surface area (Å²) >= 11 is 0. The first kappa shape index (κ1) is 15.1. The SMILES string of the molecule is CCCCCC(C)=O.Nc1nc(N)nc(N)n1. The molecule has 1 aromatic rings. The van der Waals surface area contributed by atoms with Gasteiger partial charge in [-0.1, -0.05) is 19.8 Å². The molecule has 0 aliphatic carbocycles. The molecule has 96 valence electrons. The van der Waals surface area contributed by atoms with Crippen molar-refractivity contribution in [2.45, 2.75) is 39.5 Å². The molecule has 0 bridgehead atoms. The van der Waals surface area contributed by atoms with Crippen LogP contribution in [0.2, 0.25) is 0 Å². The van der Waals surface area contributed by atoms with Gasteiger partial charge in [0.05, 0.1) is 0 Å². The molecule has 1 heterocycles. The molecule has 7 heteroatoms. The molecule has 0 fully saturated rings. The molecule has 0 aromatic carbocycles. The molecule has 0 radical (unpaired) electrons. The van der Waals surface area contributed by atoms with Crippen molar-refractivity contribution in [1.29, 1.82) is 0 Å². The van der Waals surface area contributed by atoms with Crippen LogP contribution in [0.15, 0.2) is 0 Å². The first-order chi connectivity index (χ1) is 7.95. The van der Waals surface area contributed by atoms with Crippen molar-refractivity contribution in [2.75, 3.05) is 17.2 Å². The fraction of sp³-hybridized carbons (Fsp3) is 0.600. The topological polar surface area (TPSA) is 134 Å². The summed E-state index contributed by atoms with van der Waals surface area (Å²) in [5, 5.41) is 0. The van der Waals surface area contributed by atoms with Crippen molar-refractivity contribution in [3.8, 4) is 0 Å². The Labute approximate surface area is 101 Å². The fourth-order valence-electron chi connectivity index (χ4n) is 1.05. The minimum Gasteiger partial charge on any atom is -0.368 e. The summed E-state index contributed by atoms with van der Waals surface area (Å²) in [7, 11) is 0. The summed E-state index contributed by atoms with van der Waals surface area (Å²) in [6, 6.07) is 0. The Balaban J connectivity index is 0.000000304. The van der Waals surface area contributed by atoms with Crippen LogP contribution in [0.1, 0.15) is 39.5 Å². The van der Waals surface area contributed by atoms with Crippen LogP contribution in [0.5, 0.6) is 0 Å². The first-order valence-electron chi connectivity index (χ1n) is 5.47. The van der Waals surface area contributed by atoms with Gasteiger partial charge in [-0.3, -0.25) is 0 Å². The maximum absolute atomic E-state index is 10.3. The van der Waals surface area contributed by atoms with E-state index in [2.05, 4.69) is 21.9 Å². The standard InChI is InChI=1S/C7H14O.C3H6N6/c1-3-4-5-6-7(2)8;4-1-7-2(5)9-3(6)8-1/h3-6H2,1-2H3;(H6,4,5,6,7,8,9). The molecule has 7 nitrogen and oxygen atoms in total. The summed E-state index contributed by atoms with van der Waals surface area (Å²) in [5.74, 6) is 0.443. The maximum atomic E-state index is 10.3. The van der Waals surface area contributed by atoms with Gasteiger partial charge < -0.3 is 22.0 Å². The first-order valence-corrected chi connectivity index (χ1v) is 5.47. The lowest BCUT2D eigenvalue weighted by Gasteiger charge is -1.93. The largest absolute Gasteiger partial charge is 0.368 e. The molecule has 1 rings (SSSR count). The van der Waals surface area contributed by atoms with E-state index in [1.165, 1.54) is 12.8 Å². The van der Waals surface area contributed by atoms with E-state index in [-0.39, 0.29) is 17.8 Å². The highest BCUT2D eigenvalue weighted by Crippen LogP contribution is 1.98. The highest BCUT2D eigenvalue weighted by Gasteiger charge is 1.93. The van der Waals surface area contributed by atoms with E-state index in [1.807, 2.05) is 0 Å². The quantitative estimate of drug-likeness (QED) is 0.662. The second kappa shape index (κ2) is 8.26. The minimum atomic E-state index is 0.0417. The Morgan fingerprint density at radius 1 is 1.00 bits per heavy atom. The lowest BCUT2D eigenvalue weighted by Crippen LogP contribution is -2.05. The van der Waals surface area contributed by atoms with E-state index >= 15 is 0 Å². The van der Waals surface area contributed by atoms with E-state index < -0.39 is 0 Å². The number of aromatic nitrogens is 3. The van der Waals surface area contributed by atoms with Crippen molar-refractivity contribution >= 4 is 23.6 Å². The molecular weight excluding hydrogens is 220 g/mol. The van der Waals surface area contributed by atoms with Crippen LogP contribution in [0.25, 0.3) is 0 Å². The molecule has 17 heavy (non-hydrogen) atoms. The summed E-state index contributed by atoms with van der Waals surface area (Å²) in [6.45, 7) is 3.79. The fourth-order valence-corrected chi connectivity index (χ4v) is 1.05. The van der Waals surface area contributed by atoms with Crippen LogP contribution in [0.4, 0.5) is 17.8 Å². The van der Waals surface area contributed by atoms with Gasteiger partial charge in [0, 0.05) is 6.42 Å². The normalized spacial score (nSPS) is 9.29. The van der Waals surface area contributed by atoms with Crippen LogP contribution >= 0.6 is 0 Å². The minimum absolute atomic E-state index is 0.0417. The Morgan fingerprint density at radius 3 is 1.71 bits per heavy atom. The van der Waals surface area contributed by atoms with Crippen LogP contribution in [0.3, 0.4) is 0 Å². The van der Waals surface area contributed by atoms with E-state index in [0.717, 1.165) is 12.8 Å². The van der Waals surface area contributed by atoms with Gasteiger partial charge >= 0.3 is 0 Å². The third-order valence-corrected chi connectivity index (χ3v) is 1.82. The smallest absolute Gasteiger partial charge is 0.226 e. The van der Waals surface area contributed by atoms with Crippen molar-refractivity contribution in [2.24, 2.45) is 0 Å². The van der Waals surface area contributed by atoms with Gasteiger partial charge in [0.2, 0.25) is 17.8 Å². The molecule has 0 saturated heterocycles. The number of carbonyl (C=O) groups is 1. The second-order valence-electron chi connectivity index (χ2n) is 3.57. The Hall–Kier alpha value is -1.92. The summed E-state index contributed by atoms with van der Waals surface area (Å²) in [4.78, 5) is 20.8. The molecule has 6 N–H and O–H groups in total. The molecule has 0 aliphatic rings. The Morgan fingerprint density at radius 2 is 1.41 bits per heavy atom. The van der Waals surface area contributed by atoms with Crippen molar-refractivity contribution in [3.05, 3.63) is 0 Å². The van der Waals surface area contributed by atoms with E-state index in [9.17, 15) is 4.79 Å². The summed E-state index contributed by atoms with van der Waals surface area (Å²) < 4.78 is 0. The third-order valence-electron chi connectivity index (χ3n) is 1.82. The van der Waals surface area contributed by atoms with Gasteiger partial charge in [0.15, 0.2) is 0 Å². The third kappa shape index (κ3) is 9.04. The van der Waals surface area contributed by atoms with Crippen molar-refractivity contribution in [3.63, 3.8) is 0 Å². The van der Waals surface area contributed by atoms with Crippen LogP contribution < -0.4 is 17.2 Å². The molecule has 0 saturated carbocycles. The number of nitrogens with zero attached hydrogens (tertiary/aromatic N) is 3. The number of nitrogens with two attached hydrogens (primary N) is 3. The van der Waals surface area contributed by atoms with Crippen LogP contribution in [-0.4, -0.2) is 20.7 Å².